The Labute approximate surface area is 284 Å². The molecule has 0 fully saturated rings. The van der Waals surface area contributed by atoms with Gasteiger partial charge in [-0.15, -0.1) is 0 Å². The minimum atomic E-state index is -4.77. The number of phosphoric ester groups is 1. The first kappa shape index (κ1) is 44.7. The number of hydrogen-bond acceptors (Lipinski definition) is 7. The number of ether oxygens (including phenoxy) is 2. The Kier molecular flexibility index (Phi) is 32.0. The van der Waals surface area contributed by atoms with Gasteiger partial charge in [0.25, 0.3) is 0 Å². The average molecular weight is 683 g/mol. The number of unbranched alkanes of at least 4 members (excludes halogenated alkanes) is 11. The molecule has 10 heteroatoms. The first-order valence-corrected chi connectivity index (χ1v) is 19.2. The fourth-order valence-electron chi connectivity index (χ4n) is 4.38. The zero-order valence-corrected chi connectivity index (χ0v) is 29.7. The van der Waals surface area contributed by atoms with Crippen LogP contribution < -0.4 is 0 Å². The maximum absolute atomic E-state index is 12.3. The molecule has 9 nitrogen and oxygen atoms in total. The normalized spacial score (nSPS) is 13.2. The molecule has 0 unspecified atom stereocenters. The van der Waals surface area contributed by atoms with E-state index in [0.717, 1.165) is 83.5 Å². The number of carbonyl (C=O) groups excluding carboxylic acids is 2. The molecule has 0 bridgehead atoms. The molecule has 0 aliphatic heterocycles. The van der Waals surface area contributed by atoms with Crippen LogP contribution in [0.15, 0.2) is 60.8 Å². The maximum atomic E-state index is 12.3. The molecule has 0 aliphatic rings. The predicted octanol–water partition coefficient (Wildman–Crippen LogP) is 9.15. The molecule has 0 aromatic rings. The van der Waals surface area contributed by atoms with Crippen molar-refractivity contribution in [3.05, 3.63) is 60.8 Å². The third kappa shape index (κ3) is 36.4. The highest BCUT2D eigenvalue weighted by Gasteiger charge is 2.22. The summed E-state index contributed by atoms with van der Waals surface area (Å²) in [5.74, 6) is -0.984. The standard InChI is InChI=1S/C37H63O9P/c1-2-3-4-5-6-7-15-18-21-24-27-30-36(39)44-33-35(34-45-47(41,42)43)46-37(40)31-28-25-22-19-16-13-11-9-8-10-12-14-17-20-23-26-29-32-38/h5-6,8,10-11,13-14,17,19,22,35,38H,2-4,7,9,12,15-16,18,20-21,23-34H2,1H3,(H2,41,42,43)/b6-5-,10-8-,13-11-,17-14-,22-19-/t35-/m1/s1. The molecule has 0 radical (unpaired) electrons. The number of allylic oxidation sites excluding steroid dienone is 10. The zero-order valence-electron chi connectivity index (χ0n) is 28.9. The van der Waals surface area contributed by atoms with Crippen molar-refractivity contribution in [3.63, 3.8) is 0 Å². The van der Waals surface area contributed by atoms with Crippen LogP contribution in [-0.2, 0) is 28.2 Å². The predicted molar refractivity (Wildman–Crippen MR) is 190 cm³/mol. The number of hydrogen-bond donors (Lipinski definition) is 3. The zero-order chi connectivity index (χ0) is 34.7. The molecular weight excluding hydrogens is 619 g/mol. The van der Waals surface area contributed by atoms with Gasteiger partial charge < -0.3 is 24.4 Å². The van der Waals surface area contributed by atoms with Crippen molar-refractivity contribution in [1.82, 2.24) is 0 Å². The summed E-state index contributed by atoms with van der Waals surface area (Å²) in [4.78, 5) is 42.5. The summed E-state index contributed by atoms with van der Waals surface area (Å²) in [6.45, 7) is 1.57. The molecule has 0 aromatic heterocycles. The molecule has 270 valence electrons. The fraction of sp³-hybridized carbons (Fsp3) is 0.676. The topological polar surface area (TPSA) is 140 Å². The van der Waals surface area contributed by atoms with E-state index in [1.807, 2.05) is 12.2 Å². The highest BCUT2D eigenvalue weighted by Crippen LogP contribution is 2.35. The lowest BCUT2D eigenvalue weighted by atomic mass is 10.1. The number of phosphoric acid groups is 1. The van der Waals surface area contributed by atoms with Crippen LogP contribution in [0, 0.1) is 0 Å². The van der Waals surface area contributed by atoms with Gasteiger partial charge in [0, 0.05) is 19.4 Å². The molecule has 0 amide bonds. The van der Waals surface area contributed by atoms with E-state index in [0.29, 0.717) is 19.3 Å². The highest BCUT2D eigenvalue weighted by molar-refractivity contribution is 7.46. The molecule has 0 heterocycles. The summed E-state index contributed by atoms with van der Waals surface area (Å²) in [5.41, 5.74) is 0. The van der Waals surface area contributed by atoms with E-state index in [1.165, 1.54) is 12.8 Å². The van der Waals surface area contributed by atoms with Crippen LogP contribution in [0.2, 0.25) is 0 Å². The van der Waals surface area contributed by atoms with Gasteiger partial charge in [-0.25, -0.2) is 4.57 Å². The van der Waals surface area contributed by atoms with Crippen LogP contribution >= 0.6 is 7.82 Å². The molecule has 0 spiro atoms. The lowest BCUT2D eigenvalue weighted by Crippen LogP contribution is -2.29. The van der Waals surface area contributed by atoms with Crippen molar-refractivity contribution < 1.29 is 43.0 Å². The molecule has 3 N–H and O–H groups in total. The van der Waals surface area contributed by atoms with E-state index in [1.54, 1.807) is 0 Å². The third-order valence-corrected chi connectivity index (χ3v) is 7.55. The molecule has 0 aliphatic carbocycles. The summed E-state index contributed by atoms with van der Waals surface area (Å²) in [7, 11) is -4.77. The summed E-state index contributed by atoms with van der Waals surface area (Å²) in [6, 6.07) is 0. The molecule has 1 atom stereocenters. The van der Waals surface area contributed by atoms with Gasteiger partial charge in [-0.3, -0.25) is 14.1 Å². The van der Waals surface area contributed by atoms with E-state index in [4.69, 9.17) is 24.4 Å². The smallest absolute Gasteiger partial charge is 0.462 e. The van der Waals surface area contributed by atoms with Gasteiger partial charge in [0.15, 0.2) is 6.10 Å². The van der Waals surface area contributed by atoms with Crippen molar-refractivity contribution in [2.24, 2.45) is 0 Å². The Morgan fingerprint density at radius 1 is 0.596 bits per heavy atom. The number of aliphatic hydroxyl groups excluding tert-OH is 1. The molecule has 0 saturated carbocycles. The number of carbonyl (C=O) groups is 2. The first-order valence-electron chi connectivity index (χ1n) is 17.7. The summed E-state index contributed by atoms with van der Waals surface area (Å²) < 4.78 is 26.1. The van der Waals surface area contributed by atoms with Crippen LogP contribution in [0.25, 0.3) is 0 Å². The van der Waals surface area contributed by atoms with Crippen molar-refractivity contribution in [1.29, 1.82) is 0 Å². The van der Waals surface area contributed by atoms with Crippen molar-refractivity contribution >= 4 is 19.8 Å². The van der Waals surface area contributed by atoms with Crippen molar-refractivity contribution in [2.75, 3.05) is 19.8 Å². The molecule has 47 heavy (non-hydrogen) atoms. The Morgan fingerprint density at radius 2 is 1.06 bits per heavy atom. The van der Waals surface area contributed by atoms with Gasteiger partial charge in [0.2, 0.25) is 0 Å². The van der Waals surface area contributed by atoms with E-state index >= 15 is 0 Å². The largest absolute Gasteiger partial charge is 0.469 e. The summed E-state index contributed by atoms with van der Waals surface area (Å²) in [6.07, 6.45) is 38.2. The fourth-order valence-corrected chi connectivity index (χ4v) is 4.74. The Morgan fingerprint density at radius 3 is 1.64 bits per heavy atom. The number of esters is 2. The third-order valence-electron chi connectivity index (χ3n) is 7.06. The first-order chi connectivity index (χ1) is 22.8. The van der Waals surface area contributed by atoms with Crippen molar-refractivity contribution in [3.8, 4) is 0 Å². The van der Waals surface area contributed by atoms with Gasteiger partial charge in [-0.1, -0.05) is 106 Å². The maximum Gasteiger partial charge on any atom is 0.469 e. The molecular formula is C37H63O9P. The Hall–Kier alpha value is -2.29. The van der Waals surface area contributed by atoms with Crippen LogP contribution in [0.4, 0.5) is 0 Å². The van der Waals surface area contributed by atoms with Crippen LogP contribution in [0.1, 0.15) is 135 Å². The van der Waals surface area contributed by atoms with E-state index in [-0.39, 0.29) is 26.1 Å². The van der Waals surface area contributed by atoms with Crippen LogP contribution in [-0.4, -0.2) is 52.8 Å². The Bertz CT molecular complexity index is 949. The monoisotopic (exact) mass is 682 g/mol. The molecule has 0 aromatic carbocycles. The Balaban J connectivity index is 4.12. The van der Waals surface area contributed by atoms with Gasteiger partial charge in [0.1, 0.15) is 6.61 Å². The highest BCUT2D eigenvalue weighted by atomic mass is 31.2. The second-order valence-corrected chi connectivity index (χ2v) is 12.8. The van der Waals surface area contributed by atoms with Gasteiger partial charge in [0.05, 0.1) is 6.61 Å². The molecule has 0 saturated heterocycles. The lowest BCUT2D eigenvalue weighted by molar-refractivity contribution is -0.161. The average Bonchev–Trinajstić information content (AvgIpc) is 3.03. The number of aliphatic hydroxyl groups is 1. The van der Waals surface area contributed by atoms with Gasteiger partial charge in [-0.2, -0.15) is 0 Å². The van der Waals surface area contributed by atoms with E-state index in [9.17, 15) is 14.2 Å². The second kappa shape index (κ2) is 33.6. The number of rotatable bonds is 32. The minimum Gasteiger partial charge on any atom is -0.462 e. The summed E-state index contributed by atoms with van der Waals surface area (Å²) in [5, 5.41) is 8.76. The minimum absolute atomic E-state index is 0.122. The molecule has 0 rings (SSSR count). The second-order valence-electron chi connectivity index (χ2n) is 11.6. The SMILES string of the molecule is CCCC/C=C\CCCCCCCC(=O)OC[C@H](COP(=O)(O)O)OC(=O)CCC/C=C\C/C=C\C/C=C\C/C=C\CCCCCO. The van der Waals surface area contributed by atoms with Gasteiger partial charge in [-0.05, 0) is 77.0 Å². The summed E-state index contributed by atoms with van der Waals surface area (Å²) >= 11 is 0. The van der Waals surface area contributed by atoms with E-state index in [2.05, 4.69) is 60.1 Å². The quantitative estimate of drug-likeness (QED) is 0.0274. The van der Waals surface area contributed by atoms with Gasteiger partial charge >= 0.3 is 19.8 Å². The van der Waals surface area contributed by atoms with Crippen molar-refractivity contribution in [2.45, 2.75) is 141 Å². The lowest BCUT2D eigenvalue weighted by Gasteiger charge is -2.18. The van der Waals surface area contributed by atoms with Crippen LogP contribution in [0.3, 0.4) is 0 Å². The van der Waals surface area contributed by atoms with E-state index < -0.39 is 32.5 Å². The van der Waals surface area contributed by atoms with Crippen LogP contribution in [0.5, 0.6) is 0 Å².